The number of carbonyl (C=O) groups excluding carboxylic acids is 2. The van der Waals surface area contributed by atoms with Crippen molar-refractivity contribution in [3.05, 3.63) is 35.4 Å². The van der Waals surface area contributed by atoms with E-state index in [1.807, 2.05) is 11.8 Å². The third-order valence-corrected chi connectivity index (χ3v) is 8.25. The molecule has 4 rings (SSSR count). The van der Waals surface area contributed by atoms with Crippen LogP contribution in [0.25, 0.3) is 0 Å². The van der Waals surface area contributed by atoms with Crippen molar-refractivity contribution in [1.82, 2.24) is 5.32 Å². The minimum absolute atomic E-state index is 0.0405. The Kier molecular flexibility index (Phi) is 6.51. The van der Waals surface area contributed by atoms with E-state index in [0.717, 1.165) is 43.4 Å². The van der Waals surface area contributed by atoms with Crippen LogP contribution in [0.5, 0.6) is 0 Å². The molecule has 0 spiro atoms. The molecule has 1 heterocycles. The van der Waals surface area contributed by atoms with Crippen molar-refractivity contribution in [2.75, 3.05) is 17.2 Å². The summed E-state index contributed by atoms with van der Waals surface area (Å²) in [6.45, 7) is 2.56. The van der Waals surface area contributed by atoms with Gasteiger partial charge in [0.25, 0.3) is 0 Å². The van der Waals surface area contributed by atoms with Crippen LogP contribution < -0.4 is 10.2 Å². The number of rotatable bonds is 8. The van der Waals surface area contributed by atoms with E-state index in [2.05, 4.69) is 11.4 Å². The molecule has 1 aliphatic heterocycles. The first kappa shape index (κ1) is 22.1. The lowest BCUT2D eigenvalue weighted by Crippen LogP contribution is -2.36. The number of fused-ring (bicyclic) bond motifs is 1. The van der Waals surface area contributed by atoms with Gasteiger partial charge in [0, 0.05) is 30.6 Å². The molecule has 1 N–H and O–H groups in total. The summed E-state index contributed by atoms with van der Waals surface area (Å²) in [5, 5.41) is 2.85. The molecule has 0 bridgehead atoms. The molecule has 1 aromatic rings. The molecule has 0 unspecified atom stereocenters. The fourth-order valence-electron chi connectivity index (χ4n) is 4.59. The van der Waals surface area contributed by atoms with Crippen molar-refractivity contribution < 1.29 is 18.0 Å². The fourth-order valence-corrected chi connectivity index (χ4v) is 5.88. The largest absolute Gasteiger partial charge is 0.356 e. The van der Waals surface area contributed by atoms with Gasteiger partial charge in [0.15, 0.2) is 9.84 Å². The predicted molar refractivity (Wildman–Crippen MR) is 121 cm³/mol. The number of allylic oxidation sites excluding steroid dienone is 1. The van der Waals surface area contributed by atoms with E-state index in [0.29, 0.717) is 13.0 Å². The number of nitrogens with zero attached hydrogens (tertiary/aromatic N) is 1. The van der Waals surface area contributed by atoms with Gasteiger partial charge < -0.3 is 10.2 Å². The molecular formula is C24H32N2O4S. The van der Waals surface area contributed by atoms with Gasteiger partial charge in [-0.25, -0.2) is 8.42 Å². The SMILES string of the molecule is C[C@H]1Cc2cc(S(=O)(=O)CCC(=O)NCCC3=CCCCC3)ccc2N1C(=O)C1CC1. The first-order valence-corrected chi connectivity index (χ1v) is 13.1. The maximum atomic E-state index is 12.8. The van der Waals surface area contributed by atoms with Gasteiger partial charge in [-0.3, -0.25) is 9.59 Å². The third-order valence-electron chi connectivity index (χ3n) is 6.54. The Labute approximate surface area is 185 Å². The van der Waals surface area contributed by atoms with E-state index in [1.54, 1.807) is 18.2 Å². The molecule has 3 aliphatic rings. The van der Waals surface area contributed by atoms with E-state index in [1.165, 1.54) is 18.4 Å². The molecule has 168 valence electrons. The van der Waals surface area contributed by atoms with Crippen molar-refractivity contribution in [1.29, 1.82) is 0 Å². The highest BCUT2D eigenvalue weighted by Gasteiger charge is 2.39. The molecular weight excluding hydrogens is 412 g/mol. The van der Waals surface area contributed by atoms with Crippen molar-refractivity contribution >= 4 is 27.3 Å². The Hall–Kier alpha value is -2.15. The lowest BCUT2D eigenvalue weighted by Gasteiger charge is -2.22. The number of benzene rings is 1. The van der Waals surface area contributed by atoms with E-state index < -0.39 is 9.84 Å². The van der Waals surface area contributed by atoms with Crippen LogP contribution in [0.3, 0.4) is 0 Å². The average Bonchev–Trinajstić information content (AvgIpc) is 3.54. The summed E-state index contributed by atoms with van der Waals surface area (Å²) in [4.78, 5) is 26.8. The lowest BCUT2D eigenvalue weighted by atomic mass is 9.97. The zero-order chi connectivity index (χ0) is 22.0. The van der Waals surface area contributed by atoms with Crippen LogP contribution in [0.15, 0.2) is 34.7 Å². The normalized spacial score (nSPS) is 20.9. The molecule has 2 amide bonds. The van der Waals surface area contributed by atoms with Crippen molar-refractivity contribution in [2.45, 2.75) is 75.6 Å². The second-order valence-corrected chi connectivity index (χ2v) is 11.2. The second-order valence-electron chi connectivity index (χ2n) is 9.10. The third kappa shape index (κ3) is 5.20. The summed E-state index contributed by atoms with van der Waals surface area (Å²) in [5.74, 6) is -0.149. The Bertz CT molecular complexity index is 995. The maximum Gasteiger partial charge on any atom is 0.230 e. The first-order chi connectivity index (χ1) is 14.8. The standard InChI is InChI=1S/C24H32N2O4S/c1-17-15-20-16-21(9-10-22(20)26(17)24(28)19-7-8-19)31(29,30)14-12-23(27)25-13-11-18-5-3-2-4-6-18/h5,9-10,16-17,19H,2-4,6-8,11-15H2,1H3,(H,25,27)/t17-/m0/s1. The summed E-state index contributed by atoms with van der Waals surface area (Å²) in [6, 6.07) is 5.07. The Balaban J connectivity index is 1.32. The fraction of sp³-hybridized carbons (Fsp3) is 0.583. The Morgan fingerprint density at radius 3 is 2.71 bits per heavy atom. The quantitative estimate of drug-likeness (QED) is 0.622. The van der Waals surface area contributed by atoms with Gasteiger partial charge in [-0.15, -0.1) is 0 Å². The molecule has 1 saturated carbocycles. The second kappa shape index (κ2) is 9.15. The van der Waals surface area contributed by atoms with Crippen molar-refractivity contribution in [3.8, 4) is 0 Å². The zero-order valence-electron chi connectivity index (χ0n) is 18.2. The van der Waals surface area contributed by atoms with Gasteiger partial charge >= 0.3 is 0 Å². The highest BCUT2D eigenvalue weighted by atomic mass is 32.2. The van der Waals surface area contributed by atoms with Crippen LogP contribution in [-0.4, -0.2) is 38.6 Å². The van der Waals surface area contributed by atoms with Crippen LogP contribution in [0.2, 0.25) is 0 Å². The summed E-state index contributed by atoms with van der Waals surface area (Å²) in [7, 11) is -3.56. The van der Waals surface area contributed by atoms with Gasteiger partial charge in [-0.2, -0.15) is 0 Å². The smallest absolute Gasteiger partial charge is 0.230 e. The number of anilines is 1. The number of amides is 2. The van der Waals surface area contributed by atoms with Gasteiger partial charge in [-0.05, 0) is 82.1 Å². The molecule has 0 aromatic heterocycles. The van der Waals surface area contributed by atoms with Gasteiger partial charge in [-0.1, -0.05) is 11.6 Å². The van der Waals surface area contributed by atoms with Crippen molar-refractivity contribution in [2.24, 2.45) is 5.92 Å². The molecule has 1 fully saturated rings. The van der Waals surface area contributed by atoms with Crippen molar-refractivity contribution in [3.63, 3.8) is 0 Å². The number of sulfone groups is 1. The van der Waals surface area contributed by atoms with E-state index >= 15 is 0 Å². The van der Waals surface area contributed by atoms with Crippen LogP contribution in [0, 0.1) is 5.92 Å². The predicted octanol–water partition coefficient (Wildman–Crippen LogP) is 3.54. The summed E-state index contributed by atoms with van der Waals surface area (Å²) in [5.41, 5.74) is 3.12. The lowest BCUT2D eigenvalue weighted by molar-refractivity contribution is -0.121. The minimum Gasteiger partial charge on any atom is -0.356 e. The summed E-state index contributed by atoms with van der Waals surface area (Å²) >= 11 is 0. The number of hydrogen-bond donors (Lipinski definition) is 1. The summed E-state index contributed by atoms with van der Waals surface area (Å²) in [6.07, 6.45) is 10.3. The molecule has 31 heavy (non-hydrogen) atoms. The number of nitrogens with one attached hydrogen (secondary N) is 1. The molecule has 7 heteroatoms. The molecule has 1 atom stereocenters. The molecule has 6 nitrogen and oxygen atoms in total. The van der Waals surface area contributed by atoms with Gasteiger partial charge in [0.2, 0.25) is 11.8 Å². The Morgan fingerprint density at radius 2 is 2.00 bits per heavy atom. The van der Waals surface area contributed by atoms with E-state index in [4.69, 9.17) is 0 Å². The van der Waals surface area contributed by atoms with Crippen LogP contribution in [0.1, 0.15) is 63.9 Å². The molecule has 0 saturated heterocycles. The van der Waals surface area contributed by atoms with Gasteiger partial charge in [0.1, 0.15) is 0 Å². The van der Waals surface area contributed by atoms with Gasteiger partial charge in [0.05, 0.1) is 10.6 Å². The summed E-state index contributed by atoms with van der Waals surface area (Å²) < 4.78 is 25.6. The highest BCUT2D eigenvalue weighted by molar-refractivity contribution is 7.91. The van der Waals surface area contributed by atoms with E-state index in [-0.39, 0.29) is 40.8 Å². The molecule has 1 aromatic carbocycles. The number of carbonyl (C=O) groups is 2. The Morgan fingerprint density at radius 1 is 1.19 bits per heavy atom. The highest BCUT2D eigenvalue weighted by Crippen LogP contribution is 2.39. The number of hydrogen-bond acceptors (Lipinski definition) is 4. The topological polar surface area (TPSA) is 83.6 Å². The molecule has 0 radical (unpaired) electrons. The van der Waals surface area contributed by atoms with E-state index in [9.17, 15) is 18.0 Å². The molecule has 2 aliphatic carbocycles. The minimum atomic E-state index is -3.56. The monoisotopic (exact) mass is 444 g/mol. The van der Waals surface area contributed by atoms with Crippen LogP contribution >= 0.6 is 0 Å². The van der Waals surface area contributed by atoms with Crippen LogP contribution in [-0.2, 0) is 25.8 Å². The maximum absolute atomic E-state index is 12.8. The average molecular weight is 445 g/mol. The first-order valence-electron chi connectivity index (χ1n) is 11.5. The van der Waals surface area contributed by atoms with Crippen LogP contribution in [0.4, 0.5) is 5.69 Å². The zero-order valence-corrected chi connectivity index (χ0v) is 19.0.